The molecule has 0 fully saturated rings. The first kappa shape index (κ1) is 13.8. The Hall–Kier alpha value is -1.66. The highest BCUT2D eigenvalue weighted by Crippen LogP contribution is 2.14. The van der Waals surface area contributed by atoms with Gasteiger partial charge in [-0.05, 0) is 22.6 Å². The molecule has 0 spiro atoms. The summed E-state index contributed by atoms with van der Waals surface area (Å²) >= 11 is 6.15. The summed E-state index contributed by atoms with van der Waals surface area (Å²) in [7, 11) is 3.53. The van der Waals surface area contributed by atoms with Crippen molar-refractivity contribution in [2.24, 2.45) is 0 Å². The molecule has 19 heavy (non-hydrogen) atoms. The Labute approximate surface area is 116 Å². The molecule has 0 N–H and O–H groups in total. The van der Waals surface area contributed by atoms with Crippen molar-refractivity contribution in [2.45, 2.75) is 5.38 Å². The lowest BCUT2D eigenvalue weighted by molar-refractivity contribution is 0.199. The van der Waals surface area contributed by atoms with Gasteiger partial charge in [0.05, 0.1) is 17.7 Å². The lowest BCUT2D eigenvalue weighted by Crippen LogP contribution is -2.30. The Kier molecular flexibility index (Phi) is 4.70. The van der Waals surface area contributed by atoms with Crippen LogP contribution < -0.4 is 4.90 Å². The van der Waals surface area contributed by atoms with E-state index in [-0.39, 0.29) is 5.38 Å². The number of ether oxygens (including phenoxy) is 1. The van der Waals surface area contributed by atoms with Crippen molar-refractivity contribution in [1.82, 2.24) is 20.2 Å². The van der Waals surface area contributed by atoms with Crippen LogP contribution in [-0.4, -0.2) is 52.9 Å². The van der Waals surface area contributed by atoms with Crippen LogP contribution in [0.1, 0.15) is 0 Å². The third-order valence-electron chi connectivity index (χ3n) is 2.61. The van der Waals surface area contributed by atoms with Gasteiger partial charge in [0.15, 0.2) is 0 Å². The molecule has 0 aliphatic carbocycles. The smallest absolute Gasteiger partial charge is 0.250 e. The lowest BCUT2D eigenvalue weighted by atomic mass is 10.3. The minimum atomic E-state index is -0.115. The molecule has 1 heterocycles. The Morgan fingerprint density at radius 2 is 2.11 bits per heavy atom. The molecule has 1 aromatic carbocycles. The Morgan fingerprint density at radius 1 is 1.37 bits per heavy atom. The van der Waals surface area contributed by atoms with E-state index in [0.29, 0.717) is 19.1 Å². The van der Waals surface area contributed by atoms with Crippen molar-refractivity contribution >= 4 is 17.5 Å². The van der Waals surface area contributed by atoms with Gasteiger partial charge in [-0.3, -0.25) is 0 Å². The normalized spacial score (nSPS) is 12.4. The molecule has 1 unspecified atom stereocenters. The van der Waals surface area contributed by atoms with Crippen LogP contribution >= 0.6 is 11.6 Å². The Morgan fingerprint density at radius 3 is 2.79 bits per heavy atom. The fourth-order valence-corrected chi connectivity index (χ4v) is 2.10. The molecule has 0 saturated carbocycles. The number of para-hydroxylation sites is 1. The Balaban J connectivity index is 2.15. The first-order valence-corrected chi connectivity index (χ1v) is 6.34. The fourth-order valence-electron chi connectivity index (χ4n) is 1.77. The van der Waals surface area contributed by atoms with E-state index in [1.807, 2.05) is 42.3 Å². The van der Waals surface area contributed by atoms with Gasteiger partial charge in [0.2, 0.25) is 5.95 Å². The fraction of sp³-hybridized carbons (Fsp3) is 0.417. The van der Waals surface area contributed by atoms with Crippen LogP contribution in [0.5, 0.6) is 0 Å². The van der Waals surface area contributed by atoms with Crippen LogP contribution in [-0.2, 0) is 4.74 Å². The molecule has 0 radical (unpaired) electrons. The van der Waals surface area contributed by atoms with E-state index in [0.717, 1.165) is 5.69 Å². The van der Waals surface area contributed by atoms with Gasteiger partial charge in [0.25, 0.3) is 0 Å². The zero-order valence-electron chi connectivity index (χ0n) is 10.9. The van der Waals surface area contributed by atoms with Crippen molar-refractivity contribution in [3.8, 4) is 5.69 Å². The number of hydrogen-bond donors (Lipinski definition) is 0. The maximum atomic E-state index is 6.15. The van der Waals surface area contributed by atoms with E-state index < -0.39 is 0 Å². The molecule has 0 aliphatic heterocycles. The summed E-state index contributed by atoms with van der Waals surface area (Å²) in [5, 5.41) is 11.6. The van der Waals surface area contributed by atoms with Crippen LogP contribution in [0.3, 0.4) is 0 Å². The van der Waals surface area contributed by atoms with Gasteiger partial charge < -0.3 is 9.64 Å². The summed E-state index contributed by atoms with van der Waals surface area (Å²) in [5.74, 6) is 0.646. The maximum Gasteiger partial charge on any atom is 0.250 e. The van der Waals surface area contributed by atoms with Gasteiger partial charge in [0.1, 0.15) is 0 Å². The van der Waals surface area contributed by atoms with Gasteiger partial charge in [0, 0.05) is 20.7 Å². The minimum Gasteiger partial charge on any atom is -0.383 e. The molecule has 2 rings (SSSR count). The topological polar surface area (TPSA) is 56.1 Å². The van der Waals surface area contributed by atoms with E-state index in [1.165, 1.54) is 0 Å². The molecule has 1 aromatic heterocycles. The first-order chi connectivity index (χ1) is 9.22. The number of methoxy groups -OCH3 is 1. The molecule has 2 aromatic rings. The lowest BCUT2D eigenvalue weighted by Gasteiger charge is -2.20. The largest absolute Gasteiger partial charge is 0.383 e. The number of hydrogen-bond acceptors (Lipinski definition) is 5. The van der Waals surface area contributed by atoms with Gasteiger partial charge in [-0.2, -0.15) is 4.68 Å². The van der Waals surface area contributed by atoms with Gasteiger partial charge >= 0.3 is 0 Å². The average molecular weight is 282 g/mol. The third-order valence-corrected chi connectivity index (χ3v) is 2.88. The van der Waals surface area contributed by atoms with Gasteiger partial charge in [-0.1, -0.05) is 23.3 Å². The van der Waals surface area contributed by atoms with E-state index in [4.69, 9.17) is 16.3 Å². The monoisotopic (exact) mass is 281 g/mol. The van der Waals surface area contributed by atoms with Gasteiger partial charge in [-0.15, -0.1) is 11.6 Å². The number of rotatable bonds is 6. The van der Waals surface area contributed by atoms with Crippen molar-refractivity contribution < 1.29 is 4.74 Å². The molecule has 0 aliphatic rings. The van der Waals surface area contributed by atoms with Crippen molar-refractivity contribution in [2.75, 3.05) is 32.2 Å². The zero-order valence-corrected chi connectivity index (χ0v) is 11.7. The van der Waals surface area contributed by atoms with Crippen LogP contribution in [0.25, 0.3) is 5.69 Å². The summed E-state index contributed by atoms with van der Waals surface area (Å²) in [5.41, 5.74) is 0.909. The second kappa shape index (κ2) is 6.49. The molecule has 0 bridgehead atoms. The zero-order chi connectivity index (χ0) is 13.7. The summed E-state index contributed by atoms with van der Waals surface area (Å²) in [6.07, 6.45) is 0. The summed E-state index contributed by atoms with van der Waals surface area (Å²) < 4.78 is 6.70. The predicted octanol–water partition coefficient (Wildman–Crippen LogP) is 1.35. The van der Waals surface area contributed by atoms with Crippen LogP contribution in [0.4, 0.5) is 5.95 Å². The van der Waals surface area contributed by atoms with Crippen molar-refractivity contribution in [1.29, 1.82) is 0 Å². The second-order valence-corrected chi connectivity index (χ2v) is 4.78. The molecule has 0 saturated heterocycles. The number of alkyl halides is 1. The third kappa shape index (κ3) is 3.42. The molecular weight excluding hydrogens is 266 g/mol. The minimum absolute atomic E-state index is 0.115. The number of anilines is 1. The van der Waals surface area contributed by atoms with Gasteiger partial charge in [-0.25, -0.2) is 0 Å². The van der Waals surface area contributed by atoms with Crippen LogP contribution in [0.2, 0.25) is 0 Å². The molecule has 102 valence electrons. The summed E-state index contributed by atoms with van der Waals surface area (Å²) in [6.45, 7) is 1.08. The molecular formula is C12H16ClN5O. The summed E-state index contributed by atoms with van der Waals surface area (Å²) in [4.78, 5) is 1.91. The quantitative estimate of drug-likeness (QED) is 0.748. The average Bonchev–Trinajstić information content (AvgIpc) is 2.89. The second-order valence-electron chi connectivity index (χ2n) is 4.16. The molecule has 7 heteroatoms. The van der Waals surface area contributed by atoms with Crippen LogP contribution in [0, 0.1) is 0 Å². The van der Waals surface area contributed by atoms with Crippen LogP contribution in [0.15, 0.2) is 30.3 Å². The van der Waals surface area contributed by atoms with E-state index in [9.17, 15) is 0 Å². The van der Waals surface area contributed by atoms with E-state index in [2.05, 4.69) is 15.5 Å². The highest BCUT2D eigenvalue weighted by Gasteiger charge is 2.15. The highest BCUT2D eigenvalue weighted by molar-refractivity contribution is 6.21. The number of aromatic nitrogens is 4. The summed E-state index contributed by atoms with van der Waals surface area (Å²) in [6, 6.07) is 9.72. The highest BCUT2D eigenvalue weighted by atomic mass is 35.5. The predicted molar refractivity (Wildman–Crippen MR) is 73.9 cm³/mol. The number of benzene rings is 1. The standard InChI is InChI=1S/C12H16ClN5O/c1-17(8-10(13)9-19-2)12-14-15-16-18(12)11-6-4-3-5-7-11/h3-7,10H,8-9H2,1-2H3. The van der Waals surface area contributed by atoms with Crippen molar-refractivity contribution in [3.05, 3.63) is 30.3 Å². The number of halogens is 1. The van der Waals surface area contributed by atoms with E-state index in [1.54, 1.807) is 11.8 Å². The molecule has 6 nitrogen and oxygen atoms in total. The number of tetrazole rings is 1. The maximum absolute atomic E-state index is 6.15. The SMILES string of the molecule is COCC(Cl)CN(C)c1nnnn1-c1ccccc1. The first-order valence-electron chi connectivity index (χ1n) is 5.90. The van der Waals surface area contributed by atoms with E-state index >= 15 is 0 Å². The number of nitrogens with zero attached hydrogens (tertiary/aromatic N) is 5. The van der Waals surface area contributed by atoms with Crippen molar-refractivity contribution in [3.63, 3.8) is 0 Å². The Bertz CT molecular complexity index is 504. The molecule has 0 amide bonds. The molecule has 1 atom stereocenters.